The topological polar surface area (TPSA) is 80.5 Å². The second kappa shape index (κ2) is 6.29. The molecule has 6 nitrogen and oxygen atoms in total. The Morgan fingerprint density at radius 3 is 2.32 bits per heavy atom. The minimum atomic E-state index is -3.84. The second-order valence-corrected chi connectivity index (χ2v) is 7.20. The van der Waals surface area contributed by atoms with E-state index in [-0.39, 0.29) is 21.6 Å². The first-order valence-corrected chi connectivity index (χ1v) is 7.63. The average Bonchev–Trinajstić information content (AvgIpc) is 2.72. The lowest BCUT2D eigenvalue weighted by Gasteiger charge is -2.17. The third-order valence-corrected chi connectivity index (χ3v) is 5.72. The first-order valence-electron chi connectivity index (χ1n) is 5.00. The molecule has 0 aliphatic rings. The number of nitrogens with zero attached hydrogens (tertiary/aromatic N) is 2. The third kappa shape index (κ3) is 3.41. The lowest BCUT2D eigenvalue weighted by Crippen LogP contribution is -2.30. The second-order valence-electron chi connectivity index (χ2n) is 3.38. The first-order chi connectivity index (χ1) is 8.84. The largest absolute Gasteiger partial charge is 0.300 e. The third-order valence-electron chi connectivity index (χ3n) is 2.10. The molecule has 0 aliphatic heterocycles. The van der Waals surface area contributed by atoms with Gasteiger partial charge in [-0.15, -0.1) is 24.5 Å². The van der Waals surface area contributed by atoms with Gasteiger partial charge in [0.1, 0.15) is 4.21 Å². The number of nitro groups is 1. The van der Waals surface area contributed by atoms with E-state index in [9.17, 15) is 18.5 Å². The van der Waals surface area contributed by atoms with E-state index in [1.807, 2.05) is 0 Å². The fourth-order valence-electron chi connectivity index (χ4n) is 1.28. The first kappa shape index (κ1) is 15.8. The lowest BCUT2D eigenvalue weighted by molar-refractivity contribution is -0.384. The van der Waals surface area contributed by atoms with E-state index in [0.29, 0.717) is 11.3 Å². The molecule has 0 bridgehead atoms. The number of thiophene rings is 1. The summed E-state index contributed by atoms with van der Waals surface area (Å²) in [5.41, 5.74) is -0.414. The summed E-state index contributed by atoms with van der Waals surface area (Å²) in [6.45, 7) is 7.10. The van der Waals surface area contributed by atoms with Gasteiger partial charge in [0.05, 0.1) is 4.92 Å². The number of halogens is 1. The highest BCUT2D eigenvalue weighted by atomic mass is 35.5. The minimum Gasteiger partial charge on any atom is -0.258 e. The van der Waals surface area contributed by atoms with Crippen LogP contribution in [0, 0.1) is 10.1 Å². The Kier molecular flexibility index (Phi) is 5.24. The fraction of sp³-hybridized carbons (Fsp3) is 0.200. The SMILES string of the molecule is C=CCN(CC=C)S(=O)(=O)c1cc([N+](=O)[O-])c(Cl)s1. The summed E-state index contributed by atoms with van der Waals surface area (Å²) in [5.74, 6) is 0. The molecule has 0 saturated carbocycles. The maximum Gasteiger partial charge on any atom is 0.300 e. The molecular weight excluding hydrogens is 312 g/mol. The average molecular weight is 323 g/mol. The number of sulfonamides is 1. The predicted octanol–water partition coefficient (Wildman–Crippen LogP) is 2.67. The van der Waals surface area contributed by atoms with Crippen LogP contribution in [0.3, 0.4) is 0 Å². The highest BCUT2D eigenvalue weighted by Gasteiger charge is 2.29. The van der Waals surface area contributed by atoms with E-state index in [0.717, 1.165) is 10.4 Å². The Bertz CT molecular complexity index is 599. The van der Waals surface area contributed by atoms with Crippen LogP contribution in [0.4, 0.5) is 5.69 Å². The van der Waals surface area contributed by atoms with Crippen LogP contribution in [-0.2, 0) is 10.0 Å². The van der Waals surface area contributed by atoms with Crippen molar-refractivity contribution in [2.45, 2.75) is 4.21 Å². The molecule has 0 radical (unpaired) electrons. The van der Waals surface area contributed by atoms with Crippen molar-refractivity contribution >= 4 is 38.6 Å². The van der Waals surface area contributed by atoms with Crippen molar-refractivity contribution in [2.24, 2.45) is 0 Å². The fourth-order valence-corrected chi connectivity index (χ4v) is 4.48. The summed E-state index contributed by atoms with van der Waals surface area (Å²) < 4.78 is 25.3. The molecule has 1 aromatic heterocycles. The van der Waals surface area contributed by atoms with Crippen LogP contribution < -0.4 is 0 Å². The molecule has 9 heteroatoms. The van der Waals surface area contributed by atoms with E-state index < -0.39 is 20.6 Å². The van der Waals surface area contributed by atoms with Crippen molar-refractivity contribution in [3.63, 3.8) is 0 Å². The van der Waals surface area contributed by atoms with Crippen molar-refractivity contribution in [1.82, 2.24) is 4.31 Å². The smallest absolute Gasteiger partial charge is 0.258 e. The van der Waals surface area contributed by atoms with Crippen LogP contribution in [0.15, 0.2) is 35.6 Å². The normalized spacial score (nSPS) is 11.5. The molecule has 0 aliphatic carbocycles. The molecule has 0 saturated heterocycles. The van der Waals surface area contributed by atoms with Crippen LogP contribution >= 0.6 is 22.9 Å². The Morgan fingerprint density at radius 1 is 1.42 bits per heavy atom. The van der Waals surface area contributed by atoms with Gasteiger partial charge in [0, 0.05) is 19.2 Å². The van der Waals surface area contributed by atoms with Crippen molar-refractivity contribution in [3.05, 3.63) is 45.8 Å². The summed E-state index contributed by atoms with van der Waals surface area (Å²) in [6, 6.07) is 0.960. The molecule has 0 aromatic carbocycles. The molecule has 0 amide bonds. The zero-order valence-corrected chi connectivity index (χ0v) is 12.2. The number of hydrogen-bond donors (Lipinski definition) is 0. The Hall–Kier alpha value is -1.22. The predicted molar refractivity (Wildman–Crippen MR) is 75.1 cm³/mol. The minimum absolute atomic E-state index is 0.0810. The van der Waals surface area contributed by atoms with Gasteiger partial charge in [-0.3, -0.25) is 10.1 Å². The maximum atomic E-state index is 12.3. The summed E-state index contributed by atoms with van der Waals surface area (Å²) >= 11 is 6.31. The molecular formula is C10H11ClN2O4S2. The van der Waals surface area contributed by atoms with E-state index in [1.54, 1.807) is 0 Å². The zero-order chi connectivity index (χ0) is 14.6. The van der Waals surface area contributed by atoms with Gasteiger partial charge in [0.2, 0.25) is 0 Å². The van der Waals surface area contributed by atoms with Gasteiger partial charge in [0.25, 0.3) is 15.7 Å². The molecule has 19 heavy (non-hydrogen) atoms. The van der Waals surface area contributed by atoms with Crippen LogP contribution in [-0.4, -0.2) is 30.7 Å². The van der Waals surface area contributed by atoms with Gasteiger partial charge in [-0.05, 0) is 0 Å². The molecule has 1 heterocycles. The van der Waals surface area contributed by atoms with E-state index >= 15 is 0 Å². The molecule has 1 aromatic rings. The summed E-state index contributed by atoms with van der Waals surface area (Å²) in [6.07, 6.45) is 2.84. The molecule has 0 spiro atoms. The Morgan fingerprint density at radius 2 is 1.95 bits per heavy atom. The zero-order valence-electron chi connectivity index (χ0n) is 9.78. The van der Waals surface area contributed by atoms with Gasteiger partial charge in [-0.1, -0.05) is 23.8 Å². The monoisotopic (exact) mass is 322 g/mol. The Balaban J connectivity index is 3.25. The molecule has 104 valence electrons. The van der Waals surface area contributed by atoms with E-state index in [2.05, 4.69) is 13.2 Å². The van der Waals surface area contributed by atoms with Crippen molar-refractivity contribution < 1.29 is 13.3 Å². The molecule has 0 unspecified atom stereocenters. The highest BCUT2D eigenvalue weighted by molar-refractivity contribution is 7.91. The molecule has 0 N–H and O–H groups in total. The van der Waals surface area contributed by atoms with Crippen molar-refractivity contribution in [2.75, 3.05) is 13.1 Å². The molecule has 1 rings (SSSR count). The van der Waals surface area contributed by atoms with Gasteiger partial charge >= 0.3 is 0 Å². The van der Waals surface area contributed by atoms with Gasteiger partial charge in [0.15, 0.2) is 4.34 Å². The van der Waals surface area contributed by atoms with E-state index in [1.165, 1.54) is 12.2 Å². The van der Waals surface area contributed by atoms with Gasteiger partial charge in [-0.25, -0.2) is 8.42 Å². The standard InChI is InChI=1S/C10H11ClN2O4S2/c1-3-5-12(6-4-2)19(16,17)9-7-8(13(14)15)10(11)18-9/h3-4,7H,1-2,5-6H2. The molecule has 0 fully saturated rings. The highest BCUT2D eigenvalue weighted by Crippen LogP contribution is 2.37. The number of hydrogen-bond acceptors (Lipinski definition) is 5. The van der Waals surface area contributed by atoms with Gasteiger partial charge in [-0.2, -0.15) is 4.31 Å². The Labute approximate surface area is 119 Å². The van der Waals surface area contributed by atoms with E-state index in [4.69, 9.17) is 11.6 Å². The van der Waals surface area contributed by atoms with Gasteiger partial charge < -0.3 is 0 Å². The van der Waals surface area contributed by atoms with Crippen LogP contribution in [0.25, 0.3) is 0 Å². The summed E-state index contributed by atoms with van der Waals surface area (Å²) in [5, 5.41) is 10.7. The van der Waals surface area contributed by atoms with Crippen LogP contribution in [0.5, 0.6) is 0 Å². The lowest BCUT2D eigenvalue weighted by atomic mass is 10.5. The van der Waals surface area contributed by atoms with Crippen molar-refractivity contribution in [3.8, 4) is 0 Å². The summed E-state index contributed by atoms with van der Waals surface area (Å²) in [7, 11) is -3.84. The molecule has 0 atom stereocenters. The van der Waals surface area contributed by atoms with Crippen LogP contribution in [0.2, 0.25) is 4.34 Å². The maximum absolute atomic E-state index is 12.3. The van der Waals surface area contributed by atoms with Crippen molar-refractivity contribution in [1.29, 1.82) is 0 Å². The quantitative estimate of drug-likeness (QED) is 0.439. The number of rotatable bonds is 7. The van der Waals surface area contributed by atoms with Crippen LogP contribution in [0.1, 0.15) is 0 Å². The summed E-state index contributed by atoms with van der Waals surface area (Å²) in [4.78, 5) is 9.95.